The van der Waals surface area contributed by atoms with Gasteiger partial charge in [-0.15, -0.1) is 0 Å². The molecular formula is C5H11NOS2. The molecule has 54 valence electrons. The van der Waals surface area contributed by atoms with Crippen LogP contribution in [0.2, 0.25) is 0 Å². The Bertz CT molecular complexity index is 112. The zero-order valence-electron chi connectivity index (χ0n) is 5.29. The molecule has 1 amide bonds. The number of carbonyl (C=O) groups excluding carboxylic acids is 1. The molecule has 0 spiro atoms. The second-order valence-electron chi connectivity index (χ2n) is 1.91. The van der Waals surface area contributed by atoms with Crippen LogP contribution in [0.5, 0.6) is 0 Å². The van der Waals surface area contributed by atoms with Crippen molar-refractivity contribution in [2.45, 2.75) is 18.1 Å². The van der Waals surface area contributed by atoms with Crippen molar-refractivity contribution in [3.8, 4) is 0 Å². The fraction of sp³-hybridized carbons (Fsp3) is 0.800. The van der Waals surface area contributed by atoms with Crippen LogP contribution in [-0.2, 0) is 4.79 Å². The Morgan fingerprint density at radius 2 is 2.22 bits per heavy atom. The van der Waals surface area contributed by atoms with Gasteiger partial charge in [-0.05, 0) is 6.42 Å². The lowest BCUT2D eigenvalue weighted by atomic mass is 10.1. The van der Waals surface area contributed by atoms with Crippen molar-refractivity contribution in [2.24, 2.45) is 5.73 Å². The molecule has 2 nitrogen and oxygen atoms in total. The van der Waals surface area contributed by atoms with Crippen LogP contribution in [0.4, 0.5) is 0 Å². The molecule has 0 aromatic rings. The maximum Gasteiger partial charge on any atom is 0.234 e. The highest BCUT2D eigenvalue weighted by Gasteiger charge is 2.27. The van der Waals surface area contributed by atoms with Crippen LogP contribution in [-0.4, -0.2) is 16.4 Å². The van der Waals surface area contributed by atoms with Gasteiger partial charge in [0.1, 0.15) is 0 Å². The number of hydrogen-bond donors (Lipinski definition) is 3. The Balaban J connectivity index is 4.09. The molecule has 0 aliphatic heterocycles. The van der Waals surface area contributed by atoms with Crippen molar-refractivity contribution in [3.63, 3.8) is 0 Å². The molecule has 0 saturated heterocycles. The molecule has 0 aromatic carbocycles. The third-order valence-corrected chi connectivity index (χ3v) is 2.79. The summed E-state index contributed by atoms with van der Waals surface area (Å²) in [6, 6.07) is 0. The lowest BCUT2D eigenvalue weighted by Crippen LogP contribution is -2.39. The van der Waals surface area contributed by atoms with Crippen molar-refractivity contribution >= 4 is 31.2 Å². The van der Waals surface area contributed by atoms with Crippen molar-refractivity contribution in [3.05, 3.63) is 0 Å². The van der Waals surface area contributed by atoms with E-state index in [2.05, 4.69) is 25.3 Å². The minimum absolute atomic E-state index is 0.391. The van der Waals surface area contributed by atoms with E-state index < -0.39 is 10.7 Å². The molecule has 4 heteroatoms. The number of carbonyl (C=O) groups is 1. The number of nitrogens with two attached hydrogens (primary N) is 1. The molecule has 2 N–H and O–H groups in total. The van der Waals surface area contributed by atoms with Crippen molar-refractivity contribution in [1.29, 1.82) is 0 Å². The SMILES string of the molecule is CCC(S)(CS)C(N)=O. The Morgan fingerprint density at radius 1 is 1.78 bits per heavy atom. The fourth-order valence-electron chi connectivity index (χ4n) is 0.364. The molecule has 1 unspecified atom stereocenters. The molecule has 0 heterocycles. The Morgan fingerprint density at radius 3 is 2.22 bits per heavy atom. The van der Waals surface area contributed by atoms with Crippen LogP contribution in [0, 0.1) is 0 Å². The Labute approximate surface area is 66.0 Å². The lowest BCUT2D eigenvalue weighted by molar-refractivity contribution is -0.119. The molecule has 0 aliphatic carbocycles. The summed E-state index contributed by atoms with van der Waals surface area (Å²) in [4.78, 5) is 10.6. The molecular weight excluding hydrogens is 154 g/mol. The highest BCUT2D eigenvalue weighted by Crippen LogP contribution is 2.19. The second kappa shape index (κ2) is 3.37. The number of amides is 1. The van der Waals surface area contributed by atoms with Gasteiger partial charge in [0.25, 0.3) is 0 Å². The lowest BCUT2D eigenvalue weighted by Gasteiger charge is -2.19. The zero-order valence-corrected chi connectivity index (χ0v) is 7.08. The largest absolute Gasteiger partial charge is 0.368 e. The first-order valence-corrected chi connectivity index (χ1v) is 3.78. The van der Waals surface area contributed by atoms with E-state index >= 15 is 0 Å². The van der Waals surface area contributed by atoms with Crippen LogP contribution in [0.1, 0.15) is 13.3 Å². The molecule has 9 heavy (non-hydrogen) atoms. The zero-order chi connectivity index (χ0) is 7.49. The summed E-state index contributed by atoms with van der Waals surface area (Å²) in [6.45, 7) is 1.86. The van der Waals surface area contributed by atoms with Crippen LogP contribution in [0.25, 0.3) is 0 Å². The van der Waals surface area contributed by atoms with Gasteiger partial charge in [-0.25, -0.2) is 0 Å². The topological polar surface area (TPSA) is 43.1 Å². The van der Waals surface area contributed by atoms with Gasteiger partial charge >= 0.3 is 0 Å². The third-order valence-electron chi connectivity index (χ3n) is 1.31. The van der Waals surface area contributed by atoms with Gasteiger partial charge in [0, 0.05) is 5.75 Å². The summed E-state index contributed by atoms with van der Waals surface area (Å²) in [5.74, 6) is -0.00887. The predicted octanol–water partition coefficient (Wildman–Crippen LogP) is 0.480. The molecule has 0 saturated carbocycles. The van der Waals surface area contributed by atoms with E-state index in [4.69, 9.17) is 5.73 Å². The van der Waals surface area contributed by atoms with Gasteiger partial charge in [0.05, 0.1) is 4.75 Å². The van der Waals surface area contributed by atoms with Gasteiger partial charge in [-0.2, -0.15) is 25.3 Å². The monoisotopic (exact) mass is 165 g/mol. The van der Waals surface area contributed by atoms with Crippen molar-refractivity contribution < 1.29 is 4.79 Å². The number of thiol groups is 2. The van der Waals surface area contributed by atoms with Crippen molar-refractivity contribution in [2.75, 3.05) is 5.75 Å². The predicted molar refractivity (Wildman–Crippen MR) is 45.1 cm³/mol. The van der Waals surface area contributed by atoms with E-state index in [1.165, 1.54) is 0 Å². The smallest absolute Gasteiger partial charge is 0.234 e. The van der Waals surface area contributed by atoms with Crippen LogP contribution >= 0.6 is 25.3 Å². The maximum atomic E-state index is 10.6. The molecule has 0 fully saturated rings. The summed E-state index contributed by atoms with van der Waals surface area (Å²) < 4.78 is -0.719. The quantitative estimate of drug-likeness (QED) is 0.523. The number of rotatable bonds is 3. The Kier molecular flexibility index (Phi) is 3.43. The summed E-state index contributed by atoms with van der Waals surface area (Å²) in [7, 11) is 0. The van der Waals surface area contributed by atoms with E-state index in [0.717, 1.165) is 0 Å². The summed E-state index contributed by atoms with van der Waals surface area (Å²) in [5.41, 5.74) is 5.03. The average Bonchev–Trinajstić information content (AvgIpc) is 1.86. The van der Waals surface area contributed by atoms with Gasteiger partial charge in [0.2, 0.25) is 5.91 Å². The molecule has 1 atom stereocenters. The minimum atomic E-state index is -0.719. The fourth-order valence-corrected chi connectivity index (χ4v) is 0.743. The van der Waals surface area contributed by atoms with Gasteiger partial charge in [0.15, 0.2) is 0 Å². The maximum absolute atomic E-state index is 10.6. The normalized spacial score (nSPS) is 16.8. The van der Waals surface area contributed by atoms with E-state index in [9.17, 15) is 4.79 Å². The highest BCUT2D eigenvalue weighted by atomic mass is 32.1. The molecule has 0 bridgehead atoms. The highest BCUT2D eigenvalue weighted by molar-refractivity contribution is 7.86. The van der Waals surface area contributed by atoms with Gasteiger partial charge in [-0.3, -0.25) is 4.79 Å². The van der Waals surface area contributed by atoms with Crippen molar-refractivity contribution in [1.82, 2.24) is 0 Å². The second-order valence-corrected chi connectivity index (χ2v) is 3.08. The van der Waals surface area contributed by atoms with Gasteiger partial charge < -0.3 is 5.73 Å². The van der Waals surface area contributed by atoms with Crippen LogP contribution < -0.4 is 5.73 Å². The van der Waals surface area contributed by atoms with E-state index in [-0.39, 0.29) is 0 Å². The van der Waals surface area contributed by atoms with E-state index in [0.29, 0.717) is 12.2 Å². The number of primary amides is 1. The first-order chi connectivity index (χ1) is 4.06. The van der Waals surface area contributed by atoms with Crippen LogP contribution in [0.3, 0.4) is 0 Å². The Hall–Kier alpha value is 0.170. The molecule has 0 radical (unpaired) electrons. The first kappa shape index (κ1) is 9.17. The summed E-state index contributed by atoms with van der Waals surface area (Å²) in [6.07, 6.45) is 0.620. The minimum Gasteiger partial charge on any atom is -0.368 e. The standard InChI is InChI=1S/C5H11NOS2/c1-2-5(9,3-8)4(6)7/h8-9H,2-3H2,1H3,(H2,6,7). The summed E-state index contributed by atoms with van der Waals surface area (Å²) in [5, 5.41) is 0. The number of hydrogen-bond acceptors (Lipinski definition) is 3. The summed E-state index contributed by atoms with van der Waals surface area (Å²) >= 11 is 8.01. The average molecular weight is 165 g/mol. The first-order valence-electron chi connectivity index (χ1n) is 2.70. The molecule has 0 rings (SSSR count). The van der Waals surface area contributed by atoms with E-state index in [1.54, 1.807) is 0 Å². The molecule has 0 aromatic heterocycles. The third kappa shape index (κ3) is 2.10. The van der Waals surface area contributed by atoms with Crippen LogP contribution in [0.15, 0.2) is 0 Å². The van der Waals surface area contributed by atoms with Gasteiger partial charge in [-0.1, -0.05) is 6.92 Å². The molecule has 0 aliphatic rings. The van der Waals surface area contributed by atoms with E-state index in [1.807, 2.05) is 6.92 Å².